The van der Waals surface area contributed by atoms with Gasteiger partial charge in [-0.1, -0.05) is 0 Å². The molecule has 31 heavy (non-hydrogen) atoms. The van der Waals surface area contributed by atoms with Crippen molar-refractivity contribution in [1.82, 2.24) is 4.90 Å². The molecule has 0 spiro atoms. The fourth-order valence-electron chi connectivity index (χ4n) is 3.62. The number of amides is 3. The summed E-state index contributed by atoms with van der Waals surface area (Å²) in [6.07, 6.45) is 1.23. The Kier molecular flexibility index (Phi) is 6.33. The number of benzene rings is 2. The van der Waals surface area contributed by atoms with E-state index in [1.807, 2.05) is 0 Å². The van der Waals surface area contributed by atoms with Crippen LogP contribution in [0.1, 0.15) is 35.7 Å². The third-order valence-corrected chi connectivity index (χ3v) is 5.45. The van der Waals surface area contributed by atoms with Crippen molar-refractivity contribution in [2.45, 2.75) is 32.7 Å². The van der Waals surface area contributed by atoms with Gasteiger partial charge in [-0.25, -0.2) is 0 Å². The molecule has 3 amide bonds. The number of carbonyl (C=O) groups is 3. The van der Waals surface area contributed by atoms with Crippen LogP contribution in [0.25, 0.3) is 0 Å². The molecule has 9 heteroatoms. The molecule has 0 aromatic heterocycles. The Labute approximate surface area is 179 Å². The van der Waals surface area contributed by atoms with Gasteiger partial charge in [-0.2, -0.15) is 0 Å². The first-order valence-corrected chi connectivity index (χ1v) is 9.90. The van der Waals surface area contributed by atoms with Gasteiger partial charge in [0, 0.05) is 49.1 Å². The predicted molar refractivity (Wildman–Crippen MR) is 116 cm³/mol. The number of hydrogen-bond donors (Lipinski definition) is 1. The van der Waals surface area contributed by atoms with E-state index >= 15 is 0 Å². The van der Waals surface area contributed by atoms with Gasteiger partial charge in [0.2, 0.25) is 11.8 Å². The van der Waals surface area contributed by atoms with E-state index < -0.39 is 11.0 Å². The fourth-order valence-corrected chi connectivity index (χ4v) is 3.62. The van der Waals surface area contributed by atoms with Gasteiger partial charge >= 0.3 is 0 Å². The second kappa shape index (κ2) is 8.95. The fraction of sp³-hybridized carbons (Fsp3) is 0.318. The molecule has 1 atom stereocenters. The first-order valence-electron chi connectivity index (χ1n) is 9.90. The van der Waals surface area contributed by atoms with Crippen LogP contribution in [0.4, 0.5) is 17.1 Å². The highest BCUT2D eigenvalue weighted by Gasteiger charge is 2.35. The lowest BCUT2D eigenvalue weighted by molar-refractivity contribution is -0.385. The Morgan fingerprint density at radius 2 is 1.84 bits per heavy atom. The minimum Gasteiger partial charge on any atom is -0.327 e. The first-order chi connectivity index (χ1) is 14.7. The van der Waals surface area contributed by atoms with Crippen molar-refractivity contribution in [3.63, 3.8) is 0 Å². The Morgan fingerprint density at radius 1 is 1.16 bits per heavy atom. The highest BCUT2D eigenvalue weighted by molar-refractivity contribution is 6.02. The molecular weight excluding hydrogens is 400 g/mol. The van der Waals surface area contributed by atoms with Gasteiger partial charge in [0.25, 0.3) is 11.6 Å². The summed E-state index contributed by atoms with van der Waals surface area (Å²) in [4.78, 5) is 50.8. The topological polar surface area (TPSA) is 113 Å². The van der Waals surface area contributed by atoms with E-state index in [2.05, 4.69) is 5.32 Å². The van der Waals surface area contributed by atoms with Crippen molar-refractivity contribution in [3.05, 3.63) is 63.7 Å². The zero-order valence-electron chi connectivity index (χ0n) is 17.6. The molecule has 0 radical (unpaired) electrons. The first kappa shape index (κ1) is 21.9. The van der Waals surface area contributed by atoms with E-state index in [1.165, 1.54) is 34.9 Å². The normalized spacial score (nSPS) is 15.5. The number of nitro groups is 1. The summed E-state index contributed by atoms with van der Waals surface area (Å²) in [7, 11) is 1.66. The molecule has 1 N–H and O–H groups in total. The highest BCUT2D eigenvalue weighted by Crippen LogP contribution is 2.25. The van der Waals surface area contributed by atoms with Crippen LogP contribution in [0.2, 0.25) is 0 Å². The monoisotopic (exact) mass is 424 g/mol. The lowest BCUT2D eigenvalue weighted by Crippen LogP contribution is -2.43. The third kappa shape index (κ3) is 4.71. The van der Waals surface area contributed by atoms with E-state index in [9.17, 15) is 24.5 Å². The van der Waals surface area contributed by atoms with Gasteiger partial charge in [-0.3, -0.25) is 24.5 Å². The van der Waals surface area contributed by atoms with Crippen LogP contribution >= 0.6 is 0 Å². The van der Waals surface area contributed by atoms with Crippen LogP contribution < -0.4 is 10.2 Å². The average Bonchev–Trinajstić information content (AvgIpc) is 3.23. The molecule has 2 aromatic carbocycles. The Morgan fingerprint density at radius 3 is 2.42 bits per heavy atom. The molecule has 0 bridgehead atoms. The van der Waals surface area contributed by atoms with E-state index in [-0.39, 0.29) is 23.4 Å². The molecule has 0 saturated carbocycles. The smallest absolute Gasteiger partial charge is 0.272 e. The van der Waals surface area contributed by atoms with Crippen LogP contribution in [0, 0.1) is 17.0 Å². The van der Waals surface area contributed by atoms with E-state index in [4.69, 9.17) is 0 Å². The van der Waals surface area contributed by atoms with Crippen molar-refractivity contribution in [3.8, 4) is 0 Å². The maximum absolute atomic E-state index is 13.0. The number of rotatable bonds is 5. The summed E-state index contributed by atoms with van der Waals surface area (Å²) >= 11 is 0. The number of nitrogens with one attached hydrogen (secondary N) is 1. The summed E-state index contributed by atoms with van der Waals surface area (Å²) < 4.78 is 0. The number of aryl methyl sites for hydroxylation is 1. The van der Waals surface area contributed by atoms with Crippen molar-refractivity contribution < 1.29 is 19.3 Å². The number of hydrogen-bond acceptors (Lipinski definition) is 5. The minimum absolute atomic E-state index is 0.0499. The lowest BCUT2D eigenvalue weighted by Gasteiger charge is -2.24. The Hall–Kier alpha value is -3.75. The lowest BCUT2D eigenvalue weighted by atomic mass is 10.1. The molecular formula is C22H24N4O5. The van der Waals surface area contributed by atoms with Crippen molar-refractivity contribution >= 4 is 34.8 Å². The van der Waals surface area contributed by atoms with Crippen molar-refractivity contribution in [1.29, 1.82) is 0 Å². The van der Waals surface area contributed by atoms with Gasteiger partial charge in [0.05, 0.1) is 4.92 Å². The molecule has 162 valence electrons. The molecule has 3 rings (SSSR count). The van der Waals surface area contributed by atoms with E-state index in [0.717, 1.165) is 0 Å². The summed E-state index contributed by atoms with van der Waals surface area (Å²) in [5.41, 5.74) is 1.94. The number of carbonyl (C=O) groups excluding carboxylic acids is 3. The predicted octanol–water partition coefficient (Wildman–Crippen LogP) is 3.13. The van der Waals surface area contributed by atoms with Crippen LogP contribution in [-0.4, -0.2) is 47.2 Å². The van der Waals surface area contributed by atoms with E-state index in [0.29, 0.717) is 41.9 Å². The summed E-state index contributed by atoms with van der Waals surface area (Å²) in [6.45, 7) is 3.49. The van der Waals surface area contributed by atoms with Crippen LogP contribution in [0.15, 0.2) is 42.5 Å². The number of likely N-dealkylation sites (tertiary alicyclic amines) is 1. The standard InChI is InChI=1S/C22H24N4O5/c1-14-13-16(6-11-19(14)26(30)31)22(29)25-12-4-5-20(25)21(28)23-17-7-9-18(10-8-17)24(3)15(2)27/h6-11,13,20H,4-5,12H2,1-3H3,(H,23,28). The quantitative estimate of drug-likeness (QED) is 0.585. The molecule has 1 saturated heterocycles. The highest BCUT2D eigenvalue weighted by atomic mass is 16.6. The molecule has 2 aromatic rings. The maximum Gasteiger partial charge on any atom is 0.272 e. The van der Waals surface area contributed by atoms with E-state index in [1.54, 1.807) is 38.2 Å². The Bertz CT molecular complexity index is 1030. The Balaban J connectivity index is 1.71. The molecule has 0 aliphatic carbocycles. The van der Waals surface area contributed by atoms with Crippen LogP contribution in [-0.2, 0) is 9.59 Å². The number of anilines is 2. The zero-order valence-corrected chi connectivity index (χ0v) is 17.6. The largest absolute Gasteiger partial charge is 0.327 e. The second-order valence-corrected chi connectivity index (χ2v) is 7.53. The summed E-state index contributed by atoms with van der Waals surface area (Å²) in [6, 6.07) is 10.5. The van der Waals surface area contributed by atoms with Crippen molar-refractivity contribution in [2.24, 2.45) is 0 Å². The SMILES string of the molecule is CC(=O)N(C)c1ccc(NC(=O)C2CCCN2C(=O)c2ccc([N+](=O)[O-])c(C)c2)cc1. The van der Waals surface area contributed by atoms with Gasteiger partial charge in [0.1, 0.15) is 6.04 Å². The molecule has 1 aliphatic heterocycles. The van der Waals surface area contributed by atoms with Gasteiger partial charge in [-0.05, 0) is 56.2 Å². The van der Waals surface area contributed by atoms with Crippen LogP contribution in [0.3, 0.4) is 0 Å². The molecule has 9 nitrogen and oxygen atoms in total. The number of nitro benzene ring substituents is 1. The summed E-state index contributed by atoms with van der Waals surface area (Å²) in [5.74, 6) is -0.718. The third-order valence-electron chi connectivity index (χ3n) is 5.45. The molecule has 1 unspecified atom stereocenters. The van der Waals surface area contributed by atoms with Gasteiger partial charge in [0.15, 0.2) is 0 Å². The molecule has 1 fully saturated rings. The number of nitrogens with zero attached hydrogens (tertiary/aromatic N) is 3. The second-order valence-electron chi connectivity index (χ2n) is 7.53. The van der Waals surface area contributed by atoms with Crippen molar-refractivity contribution in [2.75, 3.05) is 23.8 Å². The zero-order chi connectivity index (χ0) is 22.7. The van der Waals surface area contributed by atoms with Crippen LogP contribution in [0.5, 0.6) is 0 Å². The van der Waals surface area contributed by atoms with Gasteiger partial charge < -0.3 is 15.1 Å². The van der Waals surface area contributed by atoms with Gasteiger partial charge in [-0.15, -0.1) is 0 Å². The minimum atomic E-state index is -0.623. The average molecular weight is 424 g/mol. The molecule has 1 aliphatic rings. The maximum atomic E-state index is 13.0. The summed E-state index contributed by atoms with van der Waals surface area (Å²) in [5, 5.41) is 13.8. The molecule has 1 heterocycles.